The highest BCUT2D eigenvalue weighted by molar-refractivity contribution is 7.98. The Morgan fingerprint density at radius 3 is 2.43 bits per heavy atom. The summed E-state index contributed by atoms with van der Waals surface area (Å²) in [5.41, 5.74) is 1.96. The largest absolute Gasteiger partial charge is 0.298 e. The van der Waals surface area contributed by atoms with Crippen LogP contribution < -0.4 is 5.32 Å². The molecule has 3 rings (SSSR count). The van der Waals surface area contributed by atoms with E-state index in [-0.39, 0.29) is 11.7 Å². The van der Waals surface area contributed by atoms with Crippen molar-refractivity contribution >= 4 is 50.1 Å². The van der Waals surface area contributed by atoms with E-state index in [1.54, 1.807) is 36.0 Å². The number of Topliss-reactive ketones (excluding diaryl/α,β-unsaturated/α-hetero) is 1. The molecule has 2 aromatic carbocycles. The number of anilines is 1. The number of nitrogens with one attached hydrogen (secondary N) is 1. The predicted molar refractivity (Wildman–Crippen MR) is 95.8 cm³/mol. The molecule has 6 heteroatoms. The van der Waals surface area contributed by atoms with E-state index in [9.17, 15) is 9.59 Å². The first-order valence-electron chi connectivity index (χ1n) is 6.94. The summed E-state index contributed by atoms with van der Waals surface area (Å²) in [6, 6.07) is 12.6. The number of amides is 1. The molecule has 1 heterocycles. The molecule has 116 valence electrons. The van der Waals surface area contributed by atoms with Crippen LogP contribution in [0.1, 0.15) is 27.6 Å². The van der Waals surface area contributed by atoms with Crippen LogP contribution in [0.2, 0.25) is 0 Å². The van der Waals surface area contributed by atoms with Crippen LogP contribution in [0.4, 0.5) is 5.13 Å². The van der Waals surface area contributed by atoms with E-state index >= 15 is 0 Å². The fourth-order valence-electron chi connectivity index (χ4n) is 2.11. The third-order valence-corrected chi connectivity index (χ3v) is 5.03. The molecule has 0 aliphatic rings. The van der Waals surface area contributed by atoms with Gasteiger partial charge in [0.2, 0.25) is 0 Å². The smallest absolute Gasteiger partial charge is 0.257 e. The van der Waals surface area contributed by atoms with Crippen molar-refractivity contribution in [3.8, 4) is 0 Å². The molecular weight excluding hydrogens is 328 g/mol. The topological polar surface area (TPSA) is 59.1 Å². The number of rotatable bonds is 4. The van der Waals surface area contributed by atoms with Crippen molar-refractivity contribution in [2.45, 2.75) is 11.8 Å². The Bertz CT molecular complexity index is 885. The minimum absolute atomic E-state index is 0.0206. The van der Waals surface area contributed by atoms with Crippen LogP contribution in [-0.4, -0.2) is 22.9 Å². The summed E-state index contributed by atoms with van der Waals surface area (Å²) < 4.78 is 1.04. The van der Waals surface area contributed by atoms with Crippen molar-refractivity contribution in [3.05, 3.63) is 53.6 Å². The van der Waals surface area contributed by atoms with Crippen molar-refractivity contribution in [1.29, 1.82) is 0 Å². The summed E-state index contributed by atoms with van der Waals surface area (Å²) in [5, 5.41) is 3.38. The van der Waals surface area contributed by atoms with Crippen LogP contribution in [0.3, 0.4) is 0 Å². The SMILES string of the molecule is CSc1ccc2nc(NC(=O)c3ccc(C(C)=O)cc3)sc2c1. The van der Waals surface area contributed by atoms with Crippen LogP contribution in [0, 0.1) is 0 Å². The first-order chi connectivity index (χ1) is 11.1. The second kappa shape index (κ2) is 6.52. The standard InChI is InChI=1S/C17H14N2O2S2/c1-10(20)11-3-5-12(6-4-11)16(21)19-17-18-14-8-7-13(22-2)9-15(14)23-17/h3-9H,1-2H3,(H,18,19,21). The normalized spacial score (nSPS) is 10.7. The average Bonchev–Trinajstić information content (AvgIpc) is 2.95. The number of hydrogen-bond donors (Lipinski definition) is 1. The van der Waals surface area contributed by atoms with Gasteiger partial charge in [0.15, 0.2) is 10.9 Å². The molecule has 0 radical (unpaired) electrons. The Labute approximate surface area is 141 Å². The van der Waals surface area contributed by atoms with E-state index < -0.39 is 0 Å². The van der Waals surface area contributed by atoms with Crippen molar-refractivity contribution in [3.63, 3.8) is 0 Å². The van der Waals surface area contributed by atoms with E-state index in [2.05, 4.69) is 16.4 Å². The second-order valence-electron chi connectivity index (χ2n) is 4.94. The number of aromatic nitrogens is 1. The third kappa shape index (κ3) is 3.43. The quantitative estimate of drug-likeness (QED) is 0.561. The zero-order valence-corrected chi connectivity index (χ0v) is 14.3. The molecule has 0 saturated heterocycles. The predicted octanol–water partition coefficient (Wildman–Crippen LogP) is 4.47. The van der Waals surface area contributed by atoms with Gasteiger partial charge >= 0.3 is 0 Å². The first-order valence-corrected chi connectivity index (χ1v) is 8.98. The van der Waals surface area contributed by atoms with Gasteiger partial charge in [-0.3, -0.25) is 14.9 Å². The van der Waals surface area contributed by atoms with Gasteiger partial charge in [-0.1, -0.05) is 23.5 Å². The summed E-state index contributed by atoms with van der Waals surface area (Å²) in [6.45, 7) is 1.50. The van der Waals surface area contributed by atoms with Crippen LogP contribution >= 0.6 is 23.1 Å². The van der Waals surface area contributed by atoms with Gasteiger partial charge in [0.1, 0.15) is 0 Å². The lowest BCUT2D eigenvalue weighted by atomic mass is 10.1. The van der Waals surface area contributed by atoms with Gasteiger partial charge in [-0.15, -0.1) is 11.8 Å². The van der Waals surface area contributed by atoms with Gasteiger partial charge < -0.3 is 0 Å². The van der Waals surface area contributed by atoms with Crippen LogP contribution in [0.5, 0.6) is 0 Å². The number of fused-ring (bicyclic) bond motifs is 1. The highest BCUT2D eigenvalue weighted by Crippen LogP contribution is 2.29. The monoisotopic (exact) mass is 342 g/mol. The highest BCUT2D eigenvalue weighted by Gasteiger charge is 2.11. The number of hydrogen-bond acceptors (Lipinski definition) is 5. The summed E-state index contributed by atoms with van der Waals surface area (Å²) in [6.07, 6.45) is 2.02. The summed E-state index contributed by atoms with van der Waals surface area (Å²) in [5.74, 6) is -0.253. The Balaban J connectivity index is 1.80. The molecule has 0 aliphatic heterocycles. The fourth-order valence-corrected chi connectivity index (χ4v) is 3.53. The fraction of sp³-hybridized carbons (Fsp3) is 0.118. The molecular formula is C17H14N2O2S2. The Hall–Kier alpha value is -2.18. The van der Waals surface area contributed by atoms with Gasteiger partial charge in [0.25, 0.3) is 5.91 Å². The maximum atomic E-state index is 12.3. The van der Waals surface area contributed by atoms with Crippen LogP contribution in [0.15, 0.2) is 47.4 Å². The van der Waals surface area contributed by atoms with Crippen molar-refractivity contribution in [2.75, 3.05) is 11.6 Å². The zero-order chi connectivity index (χ0) is 16.4. The van der Waals surface area contributed by atoms with Crippen LogP contribution in [-0.2, 0) is 0 Å². The van der Waals surface area contributed by atoms with E-state index in [0.717, 1.165) is 10.2 Å². The Kier molecular flexibility index (Phi) is 4.45. The van der Waals surface area contributed by atoms with Crippen molar-refractivity contribution in [2.24, 2.45) is 0 Å². The number of thiazole rings is 1. The number of benzene rings is 2. The number of ketones is 1. The van der Waals surface area contributed by atoms with E-state index in [1.165, 1.54) is 23.2 Å². The van der Waals surface area contributed by atoms with Gasteiger partial charge in [0.05, 0.1) is 10.2 Å². The van der Waals surface area contributed by atoms with Crippen LogP contribution in [0.25, 0.3) is 10.2 Å². The molecule has 4 nitrogen and oxygen atoms in total. The van der Waals surface area contributed by atoms with E-state index in [0.29, 0.717) is 16.3 Å². The first kappa shape index (κ1) is 15.7. The minimum Gasteiger partial charge on any atom is -0.298 e. The van der Waals surface area contributed by atoms with Crippen molar-refractivity contribution < 1.29 is 9.59 Å². The molecule has 0 saturated carbocycles. The number of carbonyl (C=O) groups is 2. The molecule has 0 bridgehead atoms. The van der Waals surface area contributed by atoms with Gasteiger partial charge in [-0.2, -0.15) is 0 Å². The van der Waals surface area contributed by atoms with Gasteiger partial charge in [0, 0.05) is 16.0 Å². The molecule has 0 aliphatic carbocycles. The minimum atomic E-state index is -0.232. The lowest BCUT2D eigenvalue weighted by Gasteiger charge is -2.02. The maximum absolute atomic E-state index is 12.3. The Morgan fingerprint density at radius 2 is 1.78 bits per heavy atom. The highest BCUT2D eigenvalue weighted by atomic mass is 32.2. The molecule has 0 fully saturated rings. The average molecular weight is 342 g/mol. The van der Waals surface area contributed by atoms with E-state index in [4.69, 9.17) is 0 Å². The molecule has 3 aromatic rings. The van der Waals surface area contributed by atoms with Gasteiger partial charge in [-0.05, 0) is 43.5 Å². The number of carbonyl (C=O) groups excluding carboxylic acids is 2. The number of thioether (sulfide) groups is 1. The lowest BCUT2D eigenvalue weighted by Crippen LogP contribution is -2.11. The molecule has 1 N–H and O–H groups in total. The molecule has 1 aromatic heterocycles. The Morgan fingerprint density at radius 1 is 1.09 bits per heavy atom. The second-order valence-corrected chi connectivity index (χ2v) is 6.85. The molecule has 23 heavy (non-hydrogen) atoms. The van der Waals surface area contributed by atoms with Gasteiger partial charge in [-0.25, -0.2) is 4.98 Å². The molecule has 0 atom stereocenters. The molecule has 0 spiro atoms. The molecule has 1 amide bonds. The zero-order valence-electron chi connectivity index (χ0n) is 12.6. The lowest BCUT2D eigenvalue weighted by molar-refractivity contribution is 0.101. The van der Waals surface area contributed by atoms with Crippen molar-refractivity contribution in [1.82, 2.24) is 4.98 Å². The van der Waals surface area contributed by atoms with E-state index in [1.807, 2.05) is 18.4 Å². The third-order valence-electron chi connectivity index (χ3n) is 3.37. The molecule has 0 unspecified atom stereocenters. The summed E-state index contributed by atoms with van der Waals surface area (Å²) in [4.78, 5) is 29.1. The maximum Gasteiger partial charge on any atom is 0.257 e. The number of nitrogens with zero attached hydrogens (tertiary/aromatic N) is 1. The summed E-state index contributed by atoms with van der Waals surface area (Å²) >= 11 is 3.12. The summed E-state index contributed by atoms with van der Waals surface area (Å²) in [7, 11) is 0.